The number of likely N-dealkylation sites (tertiary alicyclic amines) is 1. The van der Waals surface area contributed by atoms with Crippen LogP contribution >= 0.6 is 0 Å². The molecule has 0 aliphatic carbocycles. The highest BCUT2D eigenvalue weighted by Gasteiger charge is 2.26. The minimum Gasteiger partial charge on any atom is -0.384 e. The van der Waals surface area contributed by atoms with Gasteiger partial charge < -0.3 is 15.5 Å². The summed E-state index contributed by atoms with van der Waals surface area (Å²) in [6.45, 7) is 4.13. The molecule has 2 heterocycles. The van der Waals surface area contributed by atoms with Crippen molar-refractivity contribution in [3.8, 4) is 0 Å². The van der Waals surface area contributed by atoms with E-state index in [9.17, 15) is 0 Å². The molecule has 19 heavy (non-hydrogen) atoms. The second-order valence-electron chi connectivity index (χ2n) is 5.47. The van der Waals surface area contributed by atoms with E-state index in [-0.39, 0.29) is 5.84 Å². The molecule has 3 N–H and O–H groups in total. The molecule has 1 fully saturated rings. The Morgan fingerprint density at radius 2 is 1.95 bits per heavy atom. The zero-order valence-corrected chi connectivity index (χ0v) is 12.3. The Labute approximate surface area is 114 Å². The normalized spacial score (nSPS) is 17.7. The maximum absolute atomic E-state index is 7.76. The topological polar surface area (TPSA) is 74.2 Å². The van der Waals surface area contributed by atoms with Crippen LogP contribution in [0.15, 0.2) is 0 Å². The third-order valence-corrected chi connectivity index (χ3v) is 4.03. The number of nitrogens with one attached hydrogen (secondary N) is 1. The van der Waals surface area contributed by atoms with Crippen LogP contribution in [0, 0.1) is 12.3 Å². The number of anilines is 1. The largest absolute Gasteiger partial charge is 0.384 e. The highest BCUT2D eigenvalue weighted by molar-refractivity contribution is 6.00. The number of nitrogen functional groups attached to an aromatic ring is 1. The number of nitrogens with two attached hydrogens (primary N) is 1. The summed E-state index contributed by atoms with van der Waals surface area (Å²) in [5, 5.41) is 12.2. The Kier molecular flexibility index (Phi) is 3.80. The van der Waals surface area contributed by atoms with Gasteiger partial charge in [0, 0.05) is 20.1 Å². The molecule has 0 amide bonds. The molecule has 0 saturated carbocycles. The molecule has 1 aromatic heterocycles. The number of hydrogen-bond donors (Lipinski definition) is 2. The zero-order chi connectivity index (χ0) is 14.2. The van der Waals surface area contributed by atoms with Gasteiger partial charge >= 0.3 is 0 Å². The standard InChI is InChI=1S/C13H24N6/c1-9-11(12(14)15)13(19(4)16-9)18(3)10-5-7-17(2)8-6-10/h10H,5-8H2,1-4H3,(H3,14,15). The number of aryl methyl sites for hydroxylation is 2. The molecular formula is C13H24N6. The average Bonchev–Trinajstić information content (AvgIpc) is 2.64. The first-order valence-corrected chi connectivity index (χ1v) is 6.71. The molecule has 6 heteroatoms. The van der Waals surface area contributed by atoms with Crippen LogP contribution in [0.2, 0.25) is 0 Å². The SMILES string of the molecule is Cc1nn(C)c(N(C)C2CCN(C)CC2)c1C(=N)N. The Hall–Kier alpha value is -1.56. The van der Waals surface area contributed by atoms with Crippen LogP contribution in [0.25, 0.3) is 0 Å². The molecule has 1 aromatic rings. The Morgan fingerprint density at radius 1 is 1.37 bits per heavy atom. The molecule has 1 saturated heterocycles. The molecule has 0 aromatic carbocycles. The van der Waals surface area contributed by atoms with Crippen molar-refractivity contribution < 1.29 is 0 Å². The van der Waals surface area contributed by atoms with E-state index in [1.807, 2.05) is 18.7 Å². The van der Waals surface area contributed by atoms with Crippen molar-refractivity contribution >= 4 is 11.7 Å². The van der Waals surface area contributed by atoms with Gasteiger partial charge in [0.1, 0.15) is 11.7 Å². The number of hydrogen-bond acceptors (Lipinski definition) is 4. The van der Waals surface area contributed by atoms with Gasteiger partial charge in [0.2, 0.25) is 0 Å². The minimum atomic E-state index is 0.0976. The van der Waals surface area contributed by atoms with E-state index in [1.165, 1.54) is 0 Å². The summed E-state index contributed by atoms with van der Waals surface area (Å²) < 4.78 is 1.84. The summed E-state index contributed by atoms with van der Waals surface area (Å²) in [4.78, 5) is 4.59. The lowest BCUT2D eigenvalue weighted by atomic mass is 10.0. The zero-order valence-electron chi connectivity index (χ0n) is 12.3. The molecule has 0 radical (unpaired) electrons. The van der Waals surface area contributed by atoms with Gasteiger partial charge in [-0.1, -0.05) is 0 Å². The first kappa shape index (κ1) is 13.9. The van der Waals surface area contributed by atoms with Gasteiger partial charge in [0.25, 0.3) is 0 Å². The van der Waals surface area contributed by atoms with E-state index in [4.69, 9.17) is 11.1 Å². The number of rotatable bonds is 3. The van der Waals surface area contributed by atoms with Gasteiger partial charge in [-0.25, -0.2) is 0 Å². The maximum Gasteiger partial charge on any atom is 0.137 e. The minimum absolute atomic E-state index is 0.0976. The van der Waals surface area contributed by atoms with Crippen molar-refractivity contribution in [2.24, 2.45) is 12.8 Å². The Balaban J connectivity index is 2.28. The Morgan fingerprint density at radius 3 is 2.47 bits per heavy atom. The van der Waals surface area contributed by atoms with Crippen molar-refractivity contribution in [1.82, 2.24) is 14.7 Å². The predicted molar refractivity (Wildman–Crippen MR) is 77.9 cm³/mol. The Bertz CT molecular complexity index is 470. The molecule has 2 rings (SSSR count). The summed E-state index contributed by atoms with van der Waals surface area (Å²) in [6.07, 6.45) is 2.27. The van der Waals surface area contributed by atoms with Gasteiger partial charge in [0.15, 0.2) is 0 Å². The van der Waals surface area contributed by atoms with E-state index < -0.39 is 0 Å². The smallest absolute Gasteiger partial charge is 0.137 e. The first-order chi connectivity index (χ1) is 8.91. The van der Waals surface area contributed by atoms with Crippen molar-refractivity contribution in [2.75, 3.05) is 32.1 Å². The van der Waals surface area contributed by atoms with Crippen molar-refractivity contribution in [2.45, 2.75) is 25.8 Å². The van der Waals surface area contributed by atoms with Crippen LogP contribution in [0.1, 0.15) is 24.1 Å². The molecule has 0 unspecified atom stereocenters. The van der Waals surface area contributed by atoms with Gasteiger partial charge in [-0.15, -0.1) is 0 Å². The van der Waals surface area contributed by atoms with Crippen LogP contribution in [0.5, 0.6) is 0 Å². The number of nitrogens with zero attached hydrogens (tertiary/aromatic N) is 4. The molecule has 6 nitrogen and oxygen atoms in total. The number of aromatic nitrogens is 2. The summed E-state index contributed by atoms with van der Waals surface area (Å²) in [6, 6.07) is 0.490. The van der Waals surface area contributed by atoms with E-state index in [0.717, 1.165) is 43.0 Å². The van der Waals surface area contributed by atoms with Crippen LogP contribution in [0.4, 0.5) is 5.82 Å². The van der Waals surface area contributed by atoms with Crippen LogP contribution in [0.3, 0.4) is 0 Å². The van der Waals surface area contributed by atoms with Crippen molar-refractivity contribution in [3.05, 3.63) is 11.3 Å². The van der Waals surface area contributed by atoms with Gasteiger partial charge in [-0.2, -0.15) is 5.10 Å². The summed E-state index contributed by atoms with van der Waals surface area (Å²) in [5.74, 6) is 1.06. The average molecular weight is 264 g/mol. The highest BCUT2D eigenvalue weighted by Crippen LogP contribution is 2.26. The number of piperidine rings is 1. The van der Waals surface area contributed by atoms with Gasteiger partial charge in [0.05, 0.1) is 11.3 Å². The fourth-order valence-electron chi connectivity index (χ4n) is 2.92. The molecule has 0 bridgehead atoms. The van der Waals surface area contributed by atoms with Crippen LogP contribution in [-0.4, -0.2) is 53.7 Å². The van der Waals surface area contributed by atoms with E-state index in [1.54, 1.807) is 0 Å². The van der Waals surface area contributed by atoms with E-state index in [0.29, 0.717) is 6.04 Å². The van der Waals surface area contributed by atoms with Crippen LogP contribution < -0.4 is 10.6 Å². The lowest BCUT2D eigenvalue weighted by molar-refractivity contribution is 0.252. The predicted octanol–water partition coefficient (Wildman–Crippen LogP) is 0.543. The van der Waals surface area contributed by atoms with Crippen molar-refractivity contribution in [1.29, 1.82) is 5.41 Å². The maximum atomic E-state index is 7.76. The van der Waals surface area contributed by atoms with Gasteiger partial charge in [-0.05, 0) is 39.9 Å². The van der Waals surface area contributed by atoms with E-state index in [2.05, 4.69) is 29.0 Å². The summed E-state index contributed by atoms with van der Waals surface area (Å²) in [5.41, 5.74) is 7.30. The van der Waals surface area contributed by atoms with E-state index >= 15 is 0 Å². The van der Waals surface area contributed by atoms with Crippen LogP contribution in [-0.2, 0) is 7.05 Å². The lowest BCUT2D eigenvalue weighted by Gasteiger charge is -2.36. The third kappa shape index (κ3) is 2.58. The molecule has 1 aliphatic heterocycles. The summed E-state index contributed by atoms with van der Waals surface area (Å²) >= 11 is 0. The second kappa shape index (κ2) is 5.21. The fraction of sp³-hybridized carbons (Fsp3) is 0.692. The first-order valence-electron chi connectivity index (χ1n) is 6.71. The molecular weight excluding hydrogens is 240 g/mol. The van der Waals surface area contributed by atoms with Gasteiger partial charge in [-0.3, -0.25) is 10.1 Å². The third-order valence-electron chi connectivity index (χ3n) is 4.03. The molecule has 1 aliphatic rings. The number of amidine groups is 1. The fourth-order valence-corrected chi connectivity index (χ4v) is 2.92. The quantitative estimate of drug-likeness (QED) is 0.617. The second-order valence-corrected chi connectivity index (χ2v) is 5.47. The summed E-state index contributed by atoms with van der Waals surface area (Å²) in [7, 11) is 6.16. The van der Waals surface area contributed by atoms with Crippen molar-refractivity contribution in [3.63, 3.8) is 0 Å². The molecule has 0 spiro atoms. The molecule has 106 valence electrons. The lowest BCUT2D eigenvalue weighted by Crippen LogP contribution is -2.43. The monoisotopic (exact) mass is 264 g/mol. The molecule has 0 atom stereocenters. The highest BCUT2D eigenvalue weighted by atomic mass is 15.4.